The van der Waals surface area contributed by atoms with Gasteiger partial charge < -0.3 is 20.3 Å². The molecule has 10 heteroatoms. The number of halogens is 1. The normalized spacial score (nSPS) is 19.7. The van der Waals surface area contributed by atoms with E-state index in [2.05, 4.69) is 15.5 Å². The van der Waals surface area contributed by atoms with E-state index in [4.69, 9.17) is 4.74 Å². The summed E-state index contributed by atoms with van der Waals surface area (Å²) in [4.78, 5) is 43.5. The maximum absolute atomic E-state index is 13.9. The van der Waals surface area contributed by atoms with Gasteiger partial charge in [0, 0.05) is 51.0 Å². The molecule has 0 aliphatic carbocycles. The lowest BCUT2D eigenvalue weighted by molar-refractivity contribution is -0.139. The summed E-state index contributed by atoms with van der Waals surface area (Å²) in [5.74, 6) is -1.01. The summed E-state index contributed by atoms with van der Waals surface area (Å²) >= 11 is 0. The maximum Gasteiger partial charge on any atom is 0.338 e. The van der Waals surface area contributed by atoms with Gasteiger partial charge >= 0.3 is 18.0 Å². The van der Waals surface area contributed by atoms with Crippen LogP contribution in [0.4, 0.5) is 14.0 Å². The van der Waals surface area contributed by atoms with E-state index in [1.165, 1.54) is 17.0 Å². The Labute approximate surface area is 199 Å². The summed E-state index contributed by atoms with van der Waals surface area (Å²) in [6.07, 6.45) is 0. The van der Waals surface area contributed by atoms with Gasteiger partial charge in [-0.15, -0.1) is 0 Å². The van der Waals surface area contributed by atoms with Crippen molar-refractivity contribution in [1.82, 2.24) is 25.3 Å². The van der Waals surface area contributed by atoms with Crippen LogP contribution in [0.3, 0.4) is 0 Å². The van der Waals surface area contributed by atoms with Crippen molar-refractivity contribution in [2.24, 2.45) is 0 Å². The monoisotopic (exact) mass is 475 g/mol. The van der Waals surface area contributed by atoms with Crippen LogP contribution in [-0.4, -0.2) is 84.6 Å². The van der Waals surface area contributed by atoms with Gasteiger partial charge in [0.15, 0.2) is 0 Å². The zero-order valence-corrected chi connectivity index (χ0v) is 20.5. The third-order valence-corrected chi connectivity index (χ3v) is 5.77. The Morgan fingerprint density at radius 2 is 1.88 bits per heavy atom. The van der Waals surface area contributed by atoms with Gasteiger partial charge in [0.05, 0.1) is 18.2 Å². The number of amides is 4. The number of carbonyl (C=O) groups excluding carboxylic acids is 3. The molecule has 0 spiro atoms. The molecule has 0 saturated carbocycles. The first-order valence-corrected chi connectivity index (χ1v) is 11.5. The molecule has 0 bridgehead atoms. The van der Waals surface area contributed by atoms with E-state index in [1.807, 2.05) is 20.8 Å². The molecule has 2 N–H and O–H groups in total. The predicted molar refractivity (Wildman–Crippen MR) is 125 cm³/mol. The summed E-state index contributed by atoms with van der Waals surface area (Å²) < 4.78 is 19.3. The molecule has 2 aliphatic heterocycles. The zero-order valence-electron chi connectivity index (χ0n) is 20.5. The van der Waals surface area contributed by atoms with Crippen molar-refractivity contribution in [3.63, 3.8) is 0 Å². The molecule has 1 saturated heterocycles. The number of carbonyl (C=O) groups is 3. The summed E-state index contributed by atoms with van der Waals surface area (Å²) in [6, 6.07) is 4.50. The van der Waals surface area contributed by atoms with Gasteiger partial charge in [-0.2, -0.15) is 0 Å². The van der Waals surface area contributed by atoms with E-state index in [0.29, 0.717) is 44.0 Å². The molecule has 2 aliphatic rings. The van der Waals surface area contributed by atoms with Crippen molar-refractivity contribution in [2.75, 3.05) is 46.4 Å². The van der Waals surface area contributed by atoms with Crippen LogP contribution < -0.4 is 10.6 Å². The van der Waals surface area contributed by atoms with Gasteiger partial charge in [0.2, 0.25) is 0 Å². The molecule has 1 aromatic carbocycles. The van der Waals surface area contributed by atoms with Crippen LogP contribution in [0.1, 0.15) is 39.3 Å². The second-order valence-electron chi connectivity index (χ2n) is 9.52. The Kier molecular flexibility index (Phi) is 7.81. The quantitative estimate of drug-likeness (QED) is 0.638. The van der Waals surface area contributed by atoms with Gasteiger partial charge in [-0.1, -0.05) is 12.1 Å². The maximum atomic E-state index is 13.9. The molecule has 34 heavy (non-hydrogen) atoms. The molecule has 0 unspecified atom stereocenters. The number of likely N-dealkylation sites (N-methyl/N-ethyl adjacent to an activating group) is 1. The minimum atomic E-state index is -0.827. The molecule has 9 nitrogen and oxygen atoms in total. The molecule has 186 valence electrons. The number of urea groups is 2. The number of ether oxygens (including phenoxy) is 1. The number of nitrogens with one attached hydrogen (secondary N) is 2. The second kappa shape index (κ2) is 10.4. The van der Waals surface area contributed by atoms with E-state index in [-0.39, 0.29) is 29.8 Å². The van der Waals surface area contributed by atoms with Crippen LogP contribution in [-0.2, 0) is 9.53 Å². The topological polar surface area (TPSA) is 94.2 Å². The molecule has 0 radical (unpaired) electrons. The Balaban J connectivity index is 1.85. The summed E-state index contributed by atoms with van der Waals surface area (Å²) in [5.41, 5.74) is 0.926. The van der Waals surface area contributed by atoms with Crippen molar-refractivity contribution in [3.05, 3.63) is 46.9 Å². The highest BCUT2D eigenvalue weighted by Crippen LogP contribution is 2.32. The largest absolute Gasteiger partial charge is 0.463 e. The highest BCUT2D eigenvalue weighted by atomic mass is 19.1. The third-order valence-electron chi connectivity index (χ3n) is 5.77. The van der Waals surface area contributed by atoms with Gasteiger partial charge in [-0.05, 0) is 45.4 Å². The first kappa shape index (κ1) is 25.5. The zero-order chi connectivity index (χ0) is 25.0. The van der Waals surface area contributed by atoms with Crippen molar-refractivity contribution in [1.29, 1.82) is 0 Å². The number of benzene rings is 1. The third kappa shape index (κ3) is 6.05. The molecule has 4 amide bonds. The fourth-order valence-electron chi connectivity index (χ4n) is 4.05. The van der Waals surface area contributed by atoms with E-state index >= 15 is 0 Å². The first-order chi connectivity index (χ1) is 16.0. The molecule has 1 atom stereocenters. The highest BCUT2D eigenvalue weighted by Gasteiger charge is 2.38. The predicted octanol–water partition coefficient (Wildman–Crippen LogP) is 2.46. The minimum Gasteiger partial charge on any atom is -0.463 e. The lowest BCUT2D eigenvalue weighted by Crippen LogP contribution is -2.56. The number of nitrogens with zero attached hydrogens (tertiary/aromatic N) is 3. The Morgan fingerprint density at radius 3 is 2.47 bits per heavy atom. The molecule has 2 heterocycles. The van der Waals surface area contributed by atoms with Gasteiger partial charge in [0.1, 0.15) is 5.82 Å². The van der Waals surface area contributed by atoms with E-state index in [1.54, 1.807) is 31.0 Å². The van der Waals surface area contributed by atoms with Gasteiger partial charge in [-0.25, -0.2) is 18.8 Å². The van der Waals surface area contributed by atoms with Crippen LogP contribution in [0.2, 0.25) is 0 Å². The SMILES string of the molecule is CCOC(=O)C1=C(CN2CCN(C(=O)NC(C)(C)C)CC2)N(C)C(=O)N[C@H]1c1cccc(F)c1. The van der Waals surface area contributed by atoms with E-state index in [9.17, 15) is 18.8 Å². The second-order valence-corrected chi connectivity index (χ2v) is 9.52. The van der Waals surface area contributed by atoms with Crippen LogP contribution in [0.15, 0.2) is 35.5 Å². The molecule has 1 fully saturated rings. The average Bonchev–Trinajstić information content (AvgIpc) is 2.76. The van der Waals surface area contributed by atoms with Crippen LogP contribution >= 0.6 is 0 Å². The van der Waals surface area contributed by atoms with E-state index in [0.717, 1.165) is 0 Å². The minimum absolute atomic E-state index is 0.112. The lowest BCUT2D eigenvalue weighted by Gasteiger charge is -2.40. The number of rotatable bonds is 5. The van der Waals surface area contributed by atoms with Gasteiger partial charge in [0.25, 0.3) is 0 Å². The Hall–Kier alpha value is -3.14. The van der Waals surface area contributed by atoms with Crippen LogP contribution in [0.25, 0.3) is 0 Å². The Bertz CT molecular complexity index is 966. The first-order valence-electron chi connectivity index (χ1n) is 11.5. The smallest absolute Gasteiger partial charge is 0.338 e. The molecular weight excluding hydrogens is 441 g/mol. The van der Waals surface area contributed by atoms with E-state index < -0.39 is 17.8 Å². The number of piperazine rings is 1. The molecule has 0 aromatic heterocycles. The lowest BCUT2D eigenvalue weighted by atomic mass is 9.94. The molecular formula is C24H34FN5O4. The summed E-state index contributed by atoms with van der Waals surface area (Å²) in [5, 5.41) is 5.76. The molecule has 1 aromatic rings. The highest BCUT2D eigenvalue weighted by molar-refractivity contribution is 5.95. The average molecular weight is 476 g/mol. The number of hydrogen-bond donors (Lipinski definition) is 2. The summed E-state index contributed by atoms with van der Waals surface area (Å²) in [6.45, 7) is 10.2. The van der Waals surface area contributed by atoms with Gasteiger partial charge in [-0.3, -0.25) is 9.80 Å². The number of esters is 1. The fourth-order valence-corrected chi connectivity index (χ4v) is 4.05. The standard InChI is InChI=1S/C24H34FN5O4/c1-6-34-21(31)19-18(15-29-10-12-30(13-11-29)23(33)27-24(2,3)4)28(5)22(32)26-20(19)16-8-7-9-17(25)14-16/h7-9,14,20H,6,10-13,15H2,1-5H3,(H,26,32)(H,27,33)/t20-/m0/s1. The van der Waals surface area contributed by atoms with Crippen molar-refractivity contribution in [3.8, 4) is 0 Å². The molecule has 3 rings (SSSR count). The van der Waals surface area contributed by atoms with Crippen LogP contribution in [0, 0.1) is 5.82 Å². The Morgan fingerprint density at radius 1 is 1.21 bits per heavy atom. The van der Waals surface area contributed by atoms with Crippen molar-refractivity contribution in [2.45, 2.75) is 39.3 Å². The number of hydrogen-bond acceptors (Lipinski definition) is 5. The van der Waals surface area contributed by atoms with Crippen LogP contribution in [0.5, 0.6) is 0 Å². The fraction of sp³-hybridized carbons (Fsp3) is 0.542. The van der Waals surface area contributed by atoms with Crippen molar-refractivity contribution < 1.29 is 23.5 Å². The van der Waals surface area contributed by atoms with Crippen molar-refractivity contribution >= 4 is 18.0 Å². The summed E-state index contributed by atoms with van der Waals surface area (Å²) in [7, 11) is 1.60.